The van der Waals surface area contributed by atoms with Crippen LogP contribution in [-0.4, -0.2) is 38.1 Å². The number of nitrogens with one attached hydrogen (secondary N) is 1. The van der Waals surface area contributed by atoms with Gasteiger partial charge < -0.3 is 10.2 Å². The fourth-order valence-corrected chi connectivity index (χ4v) is 1.17. The molecule has 1 N–H and O–H groups in total. The lowest BCUT2D eigenvalue weighted by atomic mass is 10.1. The molecule has 0 aliphatic rings. The van der Waals surface area contributed by atoms with Crippen molar-refractivity contribution < 1.29 is 0 Å². The van der Waals surface area contributed by atoms with Crippen LogP contribution in [-0.2, 0) is 0 Å². The third-order valence-corrected chi connectivity index (χ3v) is 2.22. The minimum atomic E-state index is 0.654. The Morgan fingerprint density at radius 2 is 1.69 bits per heavy atom. The highest BCUT2D eigenvalue weighted by Crippen LogP contribution is 1.98. The van der Waals surface area contributed by atoms with Crippen LogP contribution in [0.5, 0.6) is 0 Å². The Bertz CT molecular complexity index is 111. The Hall–Kier alpha value is -0.0800. The number of nitrogens with zero attached hydrogens (tertiary/aromatic N) is 1. The summed E-state index contributed by atoms with van der Waals surface area (Å²) in [6.45, 7) is 9.14. The molecule has 0 saturated heterocycles. The van der Waals surface area contributed by atoms with Crippen molar-refractivity contribution >= 4 is 0 Å². The normalized spacial score (nSPS) is 14.1. The highest BCUT2D eigenvalue weighted by Gasteiger charge is 2.01. The van der Waals surface area contributed by atoms with Gasteiger partial charge in [0.25, 0.3) is 0 Å². The fourth-order valence-electron chi connectivity index (χ4n) is 1.17. The summed E-state index contributed by atoms with van der Waals surface area (Å²) in [5.74, 6) is 0.813. The summed E-state index contributed by atoms with van der Waals surface area (Å²) in [6, 6.07) is 0.654. The number of hydrogen-bond acceptors (Lipinski definition) is 2. The predicted molar refractivity (Wildman–Crippen MR) is 60.1 cm³/mol. The lowest BCUT2D eigenvalue weighted by molar-refractivity contribution is 0.362. The molecule has 1 atom stereocenters. The van der Waals surface area contributed by atoms with Gasteiger partial charge in [0.05, 0.1) is 0 Å². The first kappa shape index (κ1) is 12.9. The zero-order valence-electron chi connectivity index (χ0n) is 9.93. The van der Waals surface area contributed by atoms with Gasteiger partial charge >= 0.3 is 0 Å². The maximum Gasteiger partial charge on any atom is 0.00508 e. The van der Waals surface area contributed by atoms with E-state index in [1.165, 1.54) is 19.4 Å². The second-order valence-electron chi connectivity index (χ2n) is 4.63. The molecule has 0 aliphatic heterocycles. The van der Waals surface area contributed by atoms with Crippen LogP contribution in [0.25, 0.3) is 0 Å². The van der Waals surface area contributed by atoms with Crippen molar-refractivity contribution in [3.05, 3.63) is 0 Å². The molecule has 0 fully saturated rings. The summed E-state index contributed by atoms with van der Waals surface area (Å²) >= 11 is 0. The van der Waals surface area contributed by atoms with Crippen molar-refractivity contribution in [1.29, 1.82) is 0 Å². The summed E-state index contributed by atoms with van der Waals surface area (Å²) in [5, 5.41) is 3.54. The molecule has 2 heteroatoms. The van der Waals surface area contributed by atoms with Crippen molar-refractivity contribution in [1.82, 2.24) is 10.2 Å². The van der Waals surface area contributed by atoms with Gasteiger partial charge in [-0.3, -0.25) is 0 Å². The lowest BCUT2D eigenvalue weighted by Gasteiger charge is -2.17. The molecule has 0 amide bonds. The first-order valence-corrected chi connectivity index (χ1v) is 5.40. The van der Waals surface area contributed by atoms with Gasteiger partial charge in [-0.2, -0.15) is 0 Å². The van der Waals surface area contributed by atoms with Gasteiger partial charge in [0.1, 0.15) is 0 Å². The van der Waals surface area contributed by atoms with E-state index >= 15 is 0 Å². The Labute approximate surface area is 83.7 Å². The Morgan fingerprint density at radius 3 is 2.15 bits per heavy atom. The van der Waals surface area contributed by atoms with Crippen molar-refractivity contribution in [3.63, 3.8) is 0 Å². The van der Waals surface area contributed by atoms with E-state index in [4.69, 9.17) is 0 Å². The van der Waals surface area contributed by atoms with E-state index in [1.54, 1.807) is 0 Å². The molecule has 0 radical (unpaired) electrons. The molecule has 0 spiro atoms. The number of rotatable bonds is 7. The molecule has 0 bridgehead atoms. The van der Waals surface area contributed by atoms with Crippen LogP contribution < -0.4 is 5.32 Å². The molecule has 0 aromatic rings. The highest BCUT2D eigenvalue weighted by molar-refractivity contribution is 4.62. The van der Waals surface area contributed by atoms with Crippen molar-refractivity contribution in [2.24, 2.45) is 5.92 Å². The highest BCUT2D eigenvalue weighted by atomic mass is 15.1. The van der Waals surface area contributed by atoms with Gasteiger partial charge in [0, 0.05) is 6.04 Å². The van der Waals surface area contributed by atoms with Crippen molar-refractivity contribution in [2.75, 3.05) is 27.2 Å². The van der Waals surface area contributed by atoms with E-state index < -0.39 is 0 Å². The molecule has 0 aromatic heterocycles. The second kappa shape index (κ2) is 7.34. The maximum atomic E-state index is 3.54. The molecule has 0 heterocycles. The molecule has 0 saturated carbocycles. The molecular formula is C11H26N2. The zero-order valence-corrected chi connectivity index (χ0v) is 9.93. The quantitative estimate of drug-likeness (QED) is 0.654. The summed E-state index contributed by atoms with van der Waals surface area (Å²) in [7, 11) is 4.25. The smallest absolute Gasteiger partial charge is 0.00508 e. The van der Waals surface area contributed by atoms with Crippen LogP contribution >= 0.6 is 0 Å². The third kappa shape index (κ3) is 9.84. The molecular weight excluding hydrogens is 160 g/mol. The van der Waals surface area contributed by atoms with E-state index in [2.05, 4.69) is 45.1 Å². The van der Waals surface area contributed by atoms with Crippen molar-refractivity contribution in [3.8, 4) is 0 Å². The van der Waals surface area contributed by atoms with E-state index in [1.807, 2.05) is 0 Å². The molecule has 0 aliphatic carbocycles. The second-order valence-corrected chi connectivity index (χ2v) is 4.63. The topological polar surface area (TPSA) is 15.3 Å². The third-order valence-electron chi connectivity index (χ3n) is 2.22. The first-order valence-electron chi connectivity index (χ1n) is 5.40. The molecule has 0 aromatic carbocycles. The SMILES string of the molecule is CC(C)CCNC(C)CCN(C)C. The van der Waals surface area contributed by atoms with E-state index in [-0.39, 0.29) is 0 Å². The van der Waals surface area contributed by atoms with E-state index in [0.29, 0.717) is 6.04 Å². The monoisotopic (exact) mass is 186 g/mol. The van der Waals surface area contributed by atoms with Gasteiger partial charge in [-0.25, -0.2) is 0 Å². The Kier molecular flexibility index (Phi) is 7.29. The average Bonchev–Trinajstić information content (AvgIpc) is 2.00. The molecule has 0 rings (SSSR count). The fraction of sp³-hybridized carbons (Fsp3) is 1.00. The Morgan fingerprint density at radius 1 is 1.08 bits per heavy atom. The van der Waals surface area contributed by atoms with Crippen LogP contribution in [0, 0.1) is 5.92 Å². The minimum absolute atomic E-state index is 0.654. The molecule has 80 valence electrons. The first-order chi connectivity index (χ1) is 6.02. The predicted octanol–water partition coefficient (Wildman–Crippen LogP) is 1.96. The molecule has 2 nitrogen and oxygen atoms in total. The standard InChI is InChI=1S/C11H26N2/c1-10(2)6-8-12-11(3)7-9-13(4)5/h10-12H,6-9H2,1-5H3. The largest absolute Gasteiger partial charge is 0.314 e. The van der Waals surface area contributed by atoms with Crippen LogP contribution in [0.2, 0.25) is 0 Å². The van der Waals surface area contributed by atoms with Gasteiger partial charge in [0.15, 0.2) is 0 Å². The average molecular weight is 186 g/mol. The summed E-state index contributed by atoms with van der Waals surface area (Å²) in [4.78, 5) is 2.24. The maximum absolute atomic E-state index is 3.54. The zero-order chi connectivity index (χ0) is 10.3. The summed E-state index contributed by atoms with van der Waals surface area (Å²) in [5.41, 5.74) is 0. The minimum Gasteiger partial charge on any atom is -0.314 e. The molecule has 13 heavy (non-hydrogen) atoms. The van der Waals surface area contributed by atoms with Crippen LogP contribution in [0.3, 0.4) is 0 Å². The summed E-state index contributed by atoms with van der Waals surface area (Å²) in [6.07, 6.45) is 2.53. The number of hydrogen-bond donors (Lipinski definition) is 1. The molecule has 1 unspecified atom stereocenters. The lowest BCUT2D eigenvalue weighted by Crippen LogP contribution is -2.30. The van der Waals surface area contributed by atoms with Crippen LogP contribution in [0.4, 0.5) is 0 Å². The van der Waals surface area contributed by atoms with E-state index in [0.717, 1.165) is 12.5 Å². The van der Waals surface area contributed by atoms with Crippen molar-refractivity contribution in [2.45, 2.75) is 39.7 Å². The van der Waals surface area contributed by atoms with Gasteiger partial charge in [-0.05, 0) is 52.9 Å². The summed E-state index contributed by atoms with van der Waals surface area (Å²) < 4.78 is 0. The van der Waals surface area contributed by atoms with Gasteiger partial charge in [0.2, 0.25) is 0 Å². The Balaban J connectivity index is 3.25. The van der Waals surface area contributed by atoms with E-state index in [9.17, 15) is 0 Å². The van der Waals surface area contributed by atoms with Gasteiger partial charge in [-0.1, -0.05) is 13.8 Å². The van der Waals surface area contributed by atoms with Crippen LogP contribution in [0.1, 0.15) is 33.6 Å². The van der Waals surface area contributed by atoms with Gasteiger partial charge in [-0.15, -0.1) is 0 Å². The van der Waals surface area contributed by atoms with Crippen LogP contribution in [0.15, 0.2) is 0 Å².